The van der Waals surface area contributed by atoms with E-state index in [4.69, 9.17) is 9.25 Å². The molecule has 7 heteroatoms. The van der Waals surface area contributed by atoms with E-state index in [1.54, 1.807) is 25.1 Å². The molecule has 0 aliphatic carbocycles. The van der Waals surface area contributed by atoms with Gasteiger partial charge in [-0.3, -0.25) is 9.59 Å². The Kier molecular flexibility index (Phi) is 5.31. The Morgan fingerprint density at radius 3 is 2.69 bits per heavy atom. The van der Waals surface area contributed by atoms with Crippen molar-refractivity contribution in [3.8, 4) is 0 Å². The highest BCUT2D eigenvalue weighted by Gasteiger charge is 2.31. The number of amides is 1. The Morgan fingerprint density at radius 1 is 1.17 bits per heavy atom. The third kappa shape index (κ3) is 4.00. The average Bonchev–Trinajstić information content (AvgIpc) is 3.30. The first-order valence-electron chi connectivity index (χ1n) is 9.02. The van der Waals surface area contributed by atoms with Crippen molar-refractivity contribution >= 4 is 56.6 Å². The molecule has 0 radical (unpaired) electrons. The number of hydrogen-bond donors (Lipinski definition) is 1. The van der Waals surface area contributed by atoms with Crippen LogP contribution in [0.15, 0.2) is 68.7 Å². The molecule has 0 saturated carbocycles. The second-order valence-corrected chi connectivity index (χ2v) is 7.55. The van der Waals surface area contributed by atoms with Gasteiger partial charge in [-0.15, -0.1) is 0 Å². The summed E-state index contributed by atoms with van der Waals surface area (Å²) in [5, 5.41) is 7.16. The third-order valence-corrected chi connectivity index (χ3v) is 5.10. The van der Waals surface area contributed by atoms with Crippen LogP contribution in [-0.4, -0.2) is 24.0 Å². The van der Waals surface area contributed by atoms with E-state index in [0.717, 1.165) is 10.0 Å². The number of allylic oxidation sites excluding steroid dienone is 1. The first kappa shape index (κ1) is 19.1. The SMILES string of the molecule is CC1ON=CC1C(=O)Nc1c(C(=O)/C=C/c2ccccc2)oc2ccc(Br)cc12. The quantitative estimate of drug-likeness (QED) is 0.433. The summed E-state index contributed by atoms with van der Waals surface area (Å²) in [6, 6.07) is 14.8. The number of furan rings is 1. The second-order valence-electron chi connectivity index (χ2n) is 6.63. The number of hydrogen-bond acceptors (Lipinski definition) is 5. The van der Waals surface area contributed by atoms with Gasteiger partial charge in [0.2, 0.25) is 11.7 Å². The Balaban J connectivity index is 1.70. The minimum absolute atomic E-state index is 0.0714. The average molecular weight is 453 g/mol. The van der Waals surface area contributed by atoms with Gasteiger partial charge in [0.25, 0.3) is 0 Å². The van der Waals surface area contributed by atoms with Crippen LogP contribution in [0, 0.1) is 5.92 Å². The van der Waals surface area contributed by atoms with E-state index >= 15 is 0 Å². The number of anilines is 1. The Morgan fingerprint density at radius 2 is 1.97 bits per heavy atom. The van der Waals surface area contributed by atoms with Gasteiger partial charge in [0.1, 0.15) is 17.6 Å². The van der Waals surface area contributed by atoms with Crippen LogP contribution in [0.5, 0.6) is 0 Å². The first-order chi connectivity index (χ1) is 14.0. The van der Waals surface area contributed by atoms with Crippen molar-refractivity contribution in [3.63, 3.8) is 0 Å². The molecule has 0 saturated heterocycles. The summed E-state index contributed by atoms with van der Waals surface area (Å²) >= 11 is 3.42. The van der Waals surface area contributed by atoms with Crippen molar-refractivity contribution in [2.75, 3.05) is 5.32 Å². The van der Waals surface area contributed by atoms with E-state index in [-0.39, 0.29) is 23.6 Å². The van der Waals surface area contributed by atoms with Crippen molar-refractivity contribution in [2.24, 2.45) is 11.1 Å². The van der Waals surface area contributed by atoms with Crippen LogP contribution in [0.25, 0.3) is 17.0 Å². The number of oxime groups is 1. The lowest BCUT2D eigenvalue weighted by Crippen LogP contribution is -2.30. The van der Waals surface area contributed by atoms with Crippen molar-refractivity contribution in [1.82, 2.24) is 0 Å². The van der Waals surface area contributed by atoms with Gasteiger partial charge in [0.15, 0.2) is 5.76 Å². The summed E-state index contributed by atoms with van der Waals surface area (Å²) in [4.78, 5) is 30.7. The molecule has 1 amide bonds. The smallest absolute Gasteiger partial charge is 0.237 e. The molecule has 2 aromatic carbocycles. The predicted molar refractivity (Wildman–Crippen MR) is 115 cm³/mol. The fraction of sp³-hybridized carbons (Fsp3) is 0.136. The van der Waals surface area contributed by atoms with Gasteiger partial charge >= 0.3 is 0 Å². The number of ketones is 1. The molecule has 3 aromatic rings. The Hall–Kier alpha value is -3.19. The fourth-order valence-corrected chi connectivity index (χ4v) is 3.41. The molecule has 146 valence electrons. The van der Waals surface area contributed by atoms with Gasteiger partial charge in [0, 0.05) is 9.86 Å². The molecule has 1 N–H and O–H groups in total. The second kappa shape index (κ2) is 8.05. The van der Waals surface area contributed by atoms with Crippen LogP contribution in [0.3, 0.4) is 0 Å². The first-order valence-corrected chi connectivity index (χ1v) is 9.82. The van der Waals surface area contributed by atoms with E-state index < -0.39 is 5.92 Å². The minimum Gasteiger partial charge on any atom is -0.450 e. The van der Waals surface area contributed by atoms with Crippen LogP contribution in [0.1, 0.15) is 23.0 Å². The summed E-state index contributed by atoms with van der Waals surface area (Å²) in [6.07, 6.45) is 4.21. The molecule has 2 heterocycles. The molecule has 0 fully saturated rings. The zero-order valence-electron chi connectivity index (χ0n) is 15.5. The lowest BCUT2D eigenvalue weighted by atomic mass is 10.0. The zero-order chi connectivity index (χ0) is 20.4. The lowest BCUT2D eigenvalue weighted by Gasteiger charge is -2.12. The van der Waals surface area contributed by atoms with Crippen LogP contribution < -0.4 is 5.32 Å². The molecule has 1 aliphatic rings. The van der Waals surface area contributed by atoms with E-state index in [2.05, 4.69) is 26.4 Å². The molecule has 2 unspecified atom stereocenters. The topological polar surface area (TPSA) is 80.9 Å². The van der Waals surface area contributed by atoms with Crippen LogP contribution in [0.2, 0.25) is 0 Å². The maximum Gasteiger partial charge on any atom is 0.237 e. The van der Waals surface area contributed by atoms with Gasteiger partial charge in [-0.2, -0.15) is 0 Å². The van der Waals surface area contributed by atoms with E-state index in [0.29, 0.717) is 16.7 Å². The third-order valence-electron chi connectivity index (χ3n) is 4.61. The molecule has 6 nitrogen and oxygen atoms in total. The van der Waals surface area contributed by atoms with E-state index in [1.807, 2.05) is 36.4 Å². The molecule has 29 heavy (non-hydrogen) atoms. The number of fused-ring (bicyclic) bond motifs is 1. The molecular weight excluding hydrogens is 436 g/mol. The monoisotopic (exact) mass is 452 g/mol. The van der Waals surface area contributed by atoms with Crippen LogP contribution in [0.4, 0.5) is 5.69 Å². The van der Waals surface area contributed by atoms with Gasteiger partial charge in [0.05, 0.1) is 11.9 Å². The summed E-state index contributed by atoms with van der Waals surface area (Å²) in [5.41, 5.74) is 1.73. The standard InChI is InChI=1S/C22H17BrN2O4/c1-13-17(12-24-29-13)22(27)25-20-16-11-15(23)8-10-19(16)28-21(20)18(26)9-7-14-5-3-2-4-6-14/h2-13,17H,1H3,(H,25,27)/b9-7+. The maximum absolute atomic E-state index is 12.9. The fourth-order valence-electron chi connectivity index (χ4n) is 3.05. The molecule has 4 rings (SSSR count). The number of carbonyl (C=O) groups excluding carboxylic acids is 2. The van der Waals surface area contributed by atoms with Crippen molar-refractivity contribution in [1.29, 1.82) is 0 Å². The van der Waals surface area contributed by atoms with Crippen LogP contribution >= 0.6 is 15.9 Å². The number of halogens is 1. The van der Waals surface area contributed by atoms with Gasteiger partial charge in [-0.05, 0) is 36.8 Å². The number of rotatable bonds is 5. The van der Waals surface area contributed by atoms with Crippen molar-refractivity contribution < 1.29 is 18.8 Å². The molecule has 1 aromatic heterocycles. The Bertz CT molecular complexity index is 1130. The molecular formula is C22H17BrN2O4. The summed E-state index contributed by atoms with van der Waals surface area (Å²) in [5.74, 6) is -1.14. The maximum atomic E-state index is 12.9. The number of nitrogens with zero attached hydrogens (tertiary/aromatic N) is 1. The van der Waals surface area contributed by atoms with Crippen molar-refractivity contribution in [3.05, 3.63) is 70.4 Å². The molecule has 0 bridgehead atoms. The van der Waals surface area contributed by atoms with Gasteiger partial charge in [-0.25, -0.2) is 0 Å². The molecule has 1 aliphatic heterocycles. The van der Waals surface area contributed by atoms with E-state index in [9.17, 15) is 9.59 Å². The summed E-state index contributed by atoms with van der Waals surface area (Å²) < 4.78 is 6.60. The highest BCUT2D eigenvalue weighted by atomic mass is 79.9. The largest absolute Gasteiger partial charge is 0.450 e. The number of benzene rings is 2. The lowest BCUT2D eigenvalue weighted by molar-refractivity contribution is -0.120. The minimum atomic E-state index is -0.546. The molecule has 0 spiro atoms. The van der Waals surface area contributed by atoms with Crippen LogP contribution in [-0.2, 0) is 9.63 Å². The normalized spacial score (nSPS) is 18.3. The number of carbonyl (C=O) groups is 2. The van der Waals surface area contributed by atoms with E-state index in [1.165, 1.54) is 12.3 Å². The number of nitrogens with one attached hydrogen (secondary N) is 1. The molecule has 2 atom stereocenters. The Labute approximate surface area is 175 Å². The van der Waals surface area contributed by atoms with Gasteiger partial charge < -0.3 is 14.6 Å². The summed E-state index contributed by atoms with van der Waals surface area (Å²) in [7, 11) is 0. The highest BCUT2D eigenvalue weighted by Crippen LogP contribution is 2.34. The zero-order valence-corrected chi connectivity index (χ0v) is 17.0. The van der Waals surface area contributed by atoms with Gasteiger partial charge in [-0.1, -0.05) is 57.5 Å². The summed E-state index contributed by atoms with van der Waals surface area (Å²) in [6.45, 7) is 1.76. The van der Waals surface area contributed by atoms with Crippen molar-refractivity contribution in [2.45, 2.75) is 13.0 Å². The highest BCUT2D eigenvalue weighted by molar-refractivity contribution is 9.10. The predicted octanol–water partition coefficient (Wildman–Crippen LogP) is 5.05.